The van der Waals surface area contributed by atoms with Crippen molar-refractivity contribution in [2.24, 2.45) is 0 Å². The van der Waals surface area contributed by atoms with E-state index in [1.807, 2.05) is 30.5 Å². The van der Waals surface area contributed by atoms with Crippen LogP contribution < -0.4 is 14.8 Å². The standard InChI is InChI=1S/C19H17N3O3S3/c1-24-13-7-4-10(8-14(13)25-2)9-15(23)22-18-20-11-5-6-12-17(16(11)27-18)28-19(21-12)26-3/h4-8H,9H2,1-3H3,(H,20,22,23). The number of hydrogen-bond donors (Lipinski definition) is 1. The number of thiazole rings is 2. The molecular weight excluding hydrogens is 414 g/mol. The van der Waals surface area contributed by atoms with Crippen LogP contribution in [0, 0.1) is 0 Å². The van der Waals surface area contributed by atoms with Gasteiger partial charge in [0.2, 0.25) is 5.91 Å². The zero-order valence-corrected chi connectivity index (χ0v) is 17.9. The second-order valence-corrected chi connectivity index (χ2v) is 8.93. The van der Waals surface area contributed by atoms with E-state index in [9.17, 15) is 4.79 Å². The Labute approximate surface area is 173 Å². The fourth-order valence-corrected chi connectivity index (χ4v) is 5.51. The number of rotatable bonds is 6. The maximum atomic E-state index is 12.5. The minimum atomic E-state index is -0.128. The number of fused-ring (bicyclic) bond motifs is 3. The van der Waals surface area contributed by atoms with E-state index in [1.54, 1.807) is 43.4 Å². The van der Waals surface area contributed by atoms with Crippen molar-refractivity contribution in [2.45, 2.75) is 10.8 Å². The number of ether oxygens (including phenoxy) is 2. The highest BCUT2D eigenvalue weighted by Crippen LogP contribution is 2.38. The average molecular weight is 432 g/mol. The number of benzene rings is 2. The molecule has 0 aliphatic heterocycles. The number of carbonyl (C=O) groups is 1. The molecule has 0 fully saturated rings. The van der Waals surface area contributed by atoms with Crippen molar-refractivity contribution in [2.75, 3.05) is 25.8 Å². The van der Waals surface area contributed by atoms with Gasteiger partial charge in [-0.05, 0) is 36.1 Å². The molecule has 28 heavy (non-hydrogen) atoms. The van der Waals surface area contributed by atoms with Crippen LogP contribution in [0.1, 0.15) is 5.56 Å². The fourth-order valence-electron chi connectivity index (χ4n) is 2.83. The molecular formula is C19H17N3O3S3. The van der Waals surface area contributed by atoms with Gasteiger partial charge in [0.25, 0.3) is 0 Å². The molecule has 0 bridgehead atoms. The van der Waals surface area contributed by atoms with Crippen molar-refractivity contribution >= 4 is 65.9 Å². The summed E-state index contributed by atoms with van der Waals surface area (Å²) in [5, 5.41) is 3.50. The van der Waals surface area contributed by atoms with Crippen LogP contribution in [0.2, 0.25) is 0 Å². The van der Waals surface area contributed by atoms with Crippen LogP contribution >= 0.6 is 34.4 Å². The SMILES string of the molecule is COc1ccc(CC(=O)Nc2nc3ccc4nc(SC)sc4c3s2)cc1OC. The summed E-state index contributed by atoms with van der Waals surface area (Å²) in [5.74, 6) is 1.11. The lowest BCUT2D eigenvalue weighted by Gasteiger charge is -2.09. The Morgan fingerprint density at radius 1 is 1.04 bits per heavy atom. The molecule has 0 aliphatic rings. The van der Waals surface area contributed by atoms with Crippen LogP contribution in [0.5, 0.6) is 11.5 Å². The van der Waals surface area contributed by atoms with Crippen molar-refractivity contribution in [1.29, 1.82) is 0 Å². The third-order valence-electron chi connectivity index (χ3n) is 4.13. The normalized spacial score (nSPS) is 11.1. The average Bonchev–Trinajstić information content (AvgIpc) is 3.30. The Morgan fingerprint density at radius 3 is 2.46 bits per heavy atom. The van der Waals surface area contributed by atoms with Gasteiger partial charge < -0.3 is 14.8 Å². The number of nitrogens with zero attached hydrogens (tertiary/aromatic N) is 2. The smallest absolute Gasteiger partial charge is 0.230 e. The fraction of sp³-hybridized carbons (Fsp3) is 0.211. The zero-order chi connectivity index (χ0) is 19.7. The van der Waals surface area contributed by atoms with Crippen LogP contribution in [0.25, 0.3) is 20.4 Å². The molecule has 0 spiro atoms. The van der Waals surface area contributed by atoms with Crippen LogP contribution in [0.15, 0.2) is 34.7 Å². The van der Waals surface area contributed by atoms with E-state index in [-0.39, 0.29) is 12.3 Å². The second-order valence-electron chi connectivity index (χ2n) is 5.88. The molecule has 0 saturated carbocycles. The van der Waals surface area contributed by atoms with Gasteiger partial charge in [0.05, 0.1) is 41.1 Å². The number of carbonyl (C=O) groups excluding carboxylic acids is 1. The van der Waals surface area contributed by atoms with Crippen LogP contribution in [-0.4, -0.2) is 36.4 Å². The monoisotopic (exact) mass is 431 g/mol. The predicted octanol–water partition coefficient (Wildman–Crippen LogP) is 4.83. The molecule has 1 amide bonds. The molecule has 0 aliphatic carbocycles. The molecule has 0 unspecified atom stereocenters. The van der Waals surface area contributed by atoms with Gasteiger partial charge in [-0.3, -0.25) is 4.79 Å². The maximum absolute atomic E-state index is 12.5. The lowest BCUT2D eigenvalue weighted by atomic mass is 10.1. The summed E-state index contributed by atoms with van der Waals surface area (Å²) in [6, 6.07) is 9.37. The topological polar surface area (TPSA) is 73.3 Å². The number of aromatic nitrogens is 2. The molecule has 0 radical (unpaired) electrons. The van der Waals surface area contributed by atoms with Crippen molar-refractivity contribution in [3.63, 3.8) is 0 Å². The number of amides is 1. The van der Waals surface area contributed by atoms with E-state index in [0.717, 1.165) is 30.3 Å². The minimum absolute atomic E-state index is 0.128. The molecule has 6 nitrogen and oxygen atoms in total. The number of hydrogen-bond acceptors (Lipinski definition) is 8. The molecule has 4 aromatic rings. The molecule has 1 N–H and O–H groups in total. The molecule has 4 rings (SSSR count). The Bertz CT molecular complexity index is 1170. The number of methoxy groups -OCH3 is 2. The highest BCUT2D eigenvalue weighted by atomic mass is 32.2. The van der Waals surface area contributed by atoms with Gasteiger partial charge in [0.1, 0.15) is 0 Å². The minimum Gasteiger partial charge on any atom is -0.493 e. The van der Waals surface area contributed by atoms with Gasteiger partial charge in [-0.1, -0.05) is 29.2 Å². The summed E-state index contributed by atoms with van der Waals surface area (Å²) in [6.45, 7) is 0. The predicted molar refractivity (Wildman–Crippen MR) is 116 cm³/mol. The molecule has 0 atom stereocenters. The van der Waals surface area contributed by atoms with Crippen molar-refractivity contribution in [1.82, 2.24) is 9.97 Å². The lowest BCUT2D eigenvalue weighted by Crippen LogP contribution is -2.14. The van der Waals surface area contributed by atoms with Crippen LogP contribution in [0.3, 0.4) is 0 Å². The highest BCUT2D eigenvalue weighted by molar-refractivity contribution is 8.00. The van der Waals surface area contributed by atoms with Crippen molar-refractivity contribution < 1.29 is 14.3 Å². The van der Waals surface area contributed by atoms with Gasteiger partial charge in [0, 0.05) is 0 Å². The number of anilines is 1. The number of nitrogens with one attached hydrogen (secondary N) is 1. The first-order valence-corrected chi connectivity index (χ1v) is 11.2. The first kappa shape index (κ1) is 19.0. The molecule has 2 heterocycles. The van der Waals surface area contributed by atoms with E-state index in [2.05, 4.69) is 15.3 Å². The van der Waals surface area contributed by atoms with Gasteiger partial charge in [-0.15, -0.1) is 11.3 Å². The van der Waals surface area contributed by atoms with Gasteiger partial charge in [-0.25, -0.2) is 9.97 Å². The van der Waals surface area contributed by atoms with Gasteiger partial charge in [-0.2, -0.15) is 0 Å². The van der Waals surface area contributed by atoms with E-state index in [1.165, 1.54) is 11.3 Å². The highest BCUT2D eigenvalue weighted by Gasteiger charge is 2.14. The number of thioether (sulfide) groups is 1. The summed E-state index contributed by atoms with van der Waals surface area (Å²) < 4.78 is 13.7. The Hall–Kier alpha value is -2.36. The zero-order valence-electron chi connectivity index (χ0n) is 15.4. The van der Waals surface area contributed by atoms with Crippen molar-refractivity contribution in [3.05, 3.63) is 35.9 Å². The van der Waals surface area contributed by atoms with Crippen LogP contribution in [0.4, 0.5) is 5.13 Å². The van der Waals surface area contributed by atoms with Gasteiger partial charge >= 0.3 is 0 Å². The molecule has 0 saturated heterocycles. The molecule has 9 heteroatoms. The van der Waals surface area contributed by atoms with Crippen molar-refractivity contribution in [3.8, 4) is 11.5 Å². The quantitative estimate of drug-likeness (QED) is 0.441. The van der Waals surface area contributed by atoms with Crippen LogP contribution in [-0.2, 0) is 11.2 Å². The van der Waals surface area contributed by atoms with Gasteiger partial charge in [0.15, 0.2) is 21.0 Å². The molecule has 2 aromatic heterocycles. The van der Waals surface area contributed by atoms with E-state index < -0.39 is 0 Å². The Morgan fingerprint density at radius 2 is 1.75 bits per heavy atom. The Balaban J connectivity index is 1.55. The summed E-state index contributed by atoms with van der Waals surface area (Å²) >= 11 is 4.76. The first-order valence-electron chi connectivity index (χ1n) is 8.36. The molecule has 2 aromatic carbocycles. The Kier molecular flexibility index (Phi) is 5.38. The summed E-state index contributed by atoms with van der Waals surface area (Å²) in [4.78, 5) is 21.6. The maximum Gasteiger partial charge on any atom is 0.230 e. The summed E-state index contributed by atoms with van der Waals surface area (Å²) in [7, 11) is 3.16. The van der Waals surface area contributed by atoms with E-state index in [0.29, 0.717) is 16.6 Å². The second kappa shape index (κ2) is 7.94. The van der Waals surface area contributed by atoms with E-state index in [4.69, 9.17) is 9.47 Å². The van der Waals surface area contributed by atoms with E-state index >= 15 is 0 Å². The summed E-state index contributed by atoms with van der Waals surface area (Å²) in [6.07, 6.45) is 2.24. The summed E-state index contributed by atoms with van der Waals surface area (Å²) in [5.41, 5.74) is 2.68. The lowest BCUT2D eigenvalue weighted by molar-refractivity contribution is -0.115. The third-order valence-corrected chi connectivity index (χ3v) is 7.33. The first-order chi connectivity index (χ1) is 13.6. The third kappa shape index (κ3) is 3.65. The molecule has 144 valence electrons. The largest absolute Gasteiger partial charge is 0.493 e.